The van der Waals surface area contributed by atoms with Gasteiger partial charge in [0.1, 0.15) is 17.2 Å². The van der Waals surface area contributed by atoms with Gasteiger partial charge in [-0.15, -0.1) is 21.5 Å². The van der Waals surface area contributed by atoms with Crippen LogP contribution in [0.25, 0.3) is 0 Å². The Morgan fingerprint density at radius 2 is 2.18 bits per heavy atom. The van der Waals surface area contributed by atoms with E-state index in [-0.39, 0.29) is 24.3 Å². The fraction of sp³-hybridized carbons (Fsp3) is 0.217. The Balaban J connectivity index is 1.21. The van der Waals surface area contributed by atoms with Crippen molar-refractivity contribution in [1.82, 2.24) is 15.2 Å². The van der Waals surface area contributed by atoms with Crippen LogP contribution in [0.2, 0.25) is 0 Å². The summed E-state index contributed by atoms with van der Waals surface area (Å²) in [6.45, 7) is 2.16. The fourth-order valence-electron chi connectivity index (χ4n) is 3.43. The highest BCUT2D eigenvalue weighted by Gasteiger charge is 2.34. The molecule has 0 saturated heterocycles. The van der Waals surface area contributed by atoms with E-state index in [1.165, 1.54) is 16.8 Å². The van der Waals surface area contributed by atoms with E-state index in [1.54, 1.807) is 17.6 Å². The normalized spacial score (nSPS) is 15.6. The highest BCUT2D eigenvalue weighted by atomic mass is 32.2. The summed E-state index contributed by atoms with van der Waals surface area (Å²) in [6, 6.07) is 15.2. The van der Waals surface area contributed by atoms with Crippen molar-refractivity contribution >= 4 is 34.7 Å². The molecule has 5 rings (SSSR count). The topological polar surface area (TPSA) is 94.0 Å². The van der Waals surface area contributed by atoms with Gasteiger partial charge in [0.05, 0.1) is 18.1 Å². The zero-order valence-corrected chi connectivity index (χ0v) is 19.3. The molecular weight excluding hydrogens is 460 g/mol. The summed E-state index contributed by atoms with van der Waals surface area (Å²) in [7, 11) is 0. The molecule has 0 spiro atoms. The molecule has 0 N–H and O–H groups in total. The van der Waals surface area contributed by atoms with Crippen LogP contribution < -0.4 is 4.74 Å². The quantitative estimate of drug-likeness (QED) is 0.325. The van der Waals surface area contributed by atoms with Crippen molar-refractivity contribution in [3.05, 3.63) is 82.3 Å². The number of thiophene rings is 1. The molecule has 168 valence electrons. The van der Waals surface area contributed by atoms with Gasteiger partial charge in [-0.1, -0.05) is 30.0 Å². The van der Waals surface area contributed by atoms with Gasteiger partial charge >= 0.3 is 0 Å². The summed E-state index contributed by atoms with van der Waals surface area (Å²) in [4.78, 5) is 14.1. The van der Waals surface area contributed by atoms with Crippen LogP contribution in [0.1, 0.15) is 34.6 Å². The van der Waals surface area contributed by atoms with Crippen LogP contribution >= 0.6 is 23.1 Å². The van der Waals surface area contributed by atoms with Crippen LogP contribution in [0.5, 0.6) is 5.75 Å². The number of ether oxygens (including phenoxy) is 1. The molecular formula is C23H20N4O4S2. The zero-order chi connectivity index (χ0) is 22.6. The first kappa shape index (κ1) is 21.5. The predicted molar refractivity (Wildman–Crippen MR) is 124 cm³/mol. The van der Waals surface area contributed by atoms with Gasteiger partial charge in [-0.2, -0.15) is 5.10 Å². The molecule has 0 bridgehead atoms. The van der Waals surface area contributed by atoms with Crippen molar-refractivity contribution in [2.45, 2.75) is 31.2 Å². The maximum atomic E-state index is 13.0. The lowest BCUT2D eigenvalue weighted by Crippen LogP contribution is -2.28. The number of thioether (sulfide) groups is 1. The first-order valence-corrected chi connectivity index (χ1v) is 12.1. The molecule has 3 aromatic heterocycles. The van der Waals surface area contributed by atoms with E-state index >= 15 is 0 Å². The highest BCUT2D eigenvalue weighted by molar-refractivity contribution is 7.99. The Hall–Kier alpha value is -3.37. The maximum Gasteiger partial charge on any atom is 0.277 e. The van der Waals surface area contributed by atoms with Crippen LogP contribution in [0.15, 0.2) is 79.3 Å². The average molecular weight is 481 g/mol. The number of carbonyl (C=O) groups is 1. The standard InChI is InChI=1S/C23H20N4O4S2/c1-15-5-2-6-16(11-15)30-13-21-24-25-23(31-21)33-14-22(28)27-18(20-8-4-10-32-20)12-17(26-27)19-7-3-9-29-19/h2-11,18H,12-14H2,1H3. The van der Waals surface area contributed by atoms with E-state index in [2.05, 4.69) is 15.3 Å². The minimum Gasteiger partial charge on any atom is -0.484 e. The van der Waals surface area contributed by atoms with Crippen LogP contribution in [0.4, 0.5) is 0 Å². The lowest BCUT2D eigenvalue weighted by Gasteiger charge is -2.20. The predicted octanol–water partition coefficient (Wildman–Crippen LogP) is 5.08. The van der Waals surface area contributed by atoms with Crippen molar-refractivity contribution in [2.75, 3.05) is 5.75 Å². The molecule has 4 aromatic rings. The number of rotatable bonds is 8. The Morgan fingerprint density at radius 3 is 2.97 bits per heavy atom. The number of benzene rings is 1. The van der Waals surface area contributed by atoms with Crippen LogP contribution in [0.3, 0.4) is 0 Å². The molecule has 4 heterocycles. The summed E-state index contributed by atoms with van der Waals surface area (Å²) in [5.41, 5.74) is 1.86. The molecule has 33 heavy (non-hydrogen) atoms. The number of furan rings is 1. The number of nitrogens with zero attached hydrogens (tertiary/aromatic N) is 4. The molecule has 0 saturated carbocycles. The molecule has 1 unspecified atom stereocenters. The minimum absolute atomic E-state index is 0.122. The van der Waals surface area contributed by atoms with E-state index in [4.69, 9.17) is 13.6 Å². The third kappa shape index (κ3) is 5.01. The Bertz CT molecular complexity index is 1250. The van der Waals surface area contributed by atoms with Crippen LogP contribution in [-0.2, 0) is 11.4 Å². The fourth-order valence-corrected chi connectivity index (χ4v) is 4.87. The zero-order valence-electron chi connectivity index (χ0n) is 17.7. The number of hydrogen-bond acceptors (Lipinski definition) is 9. The molecule has 1 amide bonds. The Kier molecular flexibility index (Phi) is 6.27. The number of amides is 1. The minimum atomic E-state index is -0.154. The second-order valence-electron chi connectivity index (χ2n) is 7.35. The van der Waals surface area contributed by atoms with E-state index in [9.17, 15) is 4.79 Å². The van der Waals surface area contributed by atoms with E-state index in [1.807, 2.05) is 60.8 Å². The largest absolute Gasteiger partial charge is 0.484 e. The van der Waals surface area contributed by atoms with Gasteiger partial charge in [0.15, 0.2) is 6.61 Å². The van der Waals surface area contributed by atoms with E-state index in [0.29, 0.717) is 23.3 Å². The van der Waals surface area contributed by atoms with Crippen molar-refractivity contribution in [1.29, 1.82) is 0 Å². The van der Waals surface area contributed by atoms with Gasteiger partial charge in [-0.25, -0.2) is 5.01 Å². The van der Waals surface area contributed by atoms with E-state index in [0.717, 1.165) is 21.9 Å². The third-order valence-corrected chi connectivity index (χ3v) is 6.74. The van der Waals surface area contributed by atoms with Gasteiger partial charge in [0.2, 0.25) is 0 Å². The summed E-state index contributed by atoms with van der Waals surface area (Å²) in [6.07, 6.45) is 2.21. The summed E-state index contributed by atoms with van der Waals surface area (Å²) >= 11 is 2.79. The lowest BCUT2D eigenvalue weighted by atomic mass is 10.1. The number of carbonyl (C=O) groups excluding carboxylic acids is 1. The smallest absolute Gasteiger partial charge is 0.277 e. The van der Waals surface area contributed by atoms with Crippen LogP contribution in [-0.4, -0.2) is 32.6 Å². The Labute approximate surface area is 198 Å². The number of hydrazone groups is 1. The SMILES string of the molecule is Cc1cccc(OCc2nnc(SCC(=O)N3N=C(c4ccco4)CC3c3cccs3)o2)c1. The summed E-state index contributed by atoms with van der Waals surface area (Å²) in [5, 5.41) is 16.4. The molecule has 1 atom stereocenters. The van der Waals surface area contributed by atoms with Crippen molar-refractivity contribution in [2.24, 2.45) is 5.10 Å². The van der Waals surface area contributed by atoms with Gasteiger partial charge < -0.3 is 13.6 Å². The molecule has 1 aliphatic rings. The maximum absolute atomic E-state index is 13.0. The number of hydrogen-bond donors (Lipinski definition) is 0. The Morgan fingerprint density at radius 1 is 1.24 bits per heavy atom. The molecule has 10 heteroatoms. The second-order valence-corrected chi connectivity index (χ2v) is 9.26. The molecule has 0 radical (unpaired) electrons. The van der Waals surface area contributed by atoms with E-state index < -0.39 is 0 Å². The van der Waals surface area contributed by atoms with Crippen LogP contribution in [0, 0.1) is 6.92 Å². The van der Waals surface area contributed by atoms with Crippen molar-refractivity contribution in [3.8, 4) is 5.75 Å². The summed E-state index contributed by atoms with van der Waals surface area (Å²) in [5.74, 6) is 1.74. The highest BCUT2D eigenvalue weighted by Crippen LogP contribution is 2.36. The molecule has 1 aromatic carbocycles. The second kappa shape index (κ2) is 9.63. The third-order valence-electron chi connectivity index (χ3n) is 4.96. The van der Waals surface area contributed by atoms with Gasteiger partial charge in [0, 0.05) is 11.3 Å². The molecule has 0 fully saturated rings. The average Bonchev–Trinajstić information content (AvgIpc) is 3.62. The van der Waals surface area contributed by atoms with Crippen molar-refractivity contribution < 1.29 is 18.4 Å². The summed E-state index contributed by atoms with van der Waals surface area (Å²) < 4.78 is 16.8. The lowest BCUT2D eigenvalue weighted by molar-refractivity contribution is -0.130. The first-order chi connectivity index (χ1) is 16.2. The number of aromatic nitrogens is 2. The van der Waals surface area contributed by atoms with Gasteiger partial charge in [0.25, 0.3) is 17.0 Å². The van der Waals surface area contributed by atoms with Crippen molar-refractivity contribution in [3.63, 3.8) is 0 Å². The van der Waals surface area contributed by atoms with Gasteiger partial charge in [-0.3, -0.25) is 4.79 Å². The first-order valence-electron chi connectivity index (χ1n) is 10.3. The molecule has 1 aliphatic heterocycles. The monoisotopic (exact) mass is 480 g/mol. The molecule has 0 aliphatic carbocycles. The molecule has 8 nitrogen and oxygen atoms in total. The van der Waals surface area contributed by atoms with Gasteiger partial charge in [-0.05, 0) is 48.2 Å². The number of aryl methyl sites for hydroxylation is 1.